The molecule has 1 aromatic rings. The number of aromatic nitrogens is 2. The summed E-state index contributed by atoms with van der Waals surface area (Å²) in [5.41, 5.74) is 2.80. The Hall–Kier alpha value is -0.870. The summed E-state index contributed by atoms with van der Waals surface area (Å²) in [7, 11) is 2.04. The molecule has 4 nitrogen and oxygen atoms in total. The summed E-state index contributed by atoms with van der Waals surface area (Å²) in [5, 5.41) is 8.00. The number of nitrogens with zero attached hydrogens (tertiary/aromatic N) is 2. The molecule has 18 heavy (non-hydrogen) atoms. The molecular formula is C14H25N3O. The second kappa shape index (κ2) is 6.90. The summed E-state index contributed by atoms with van der Waals surface area (Å²) in [6, 6.07) is 0.494. The third-order valence-electron chi connectivity index (χ3n) is 3.58. The van der Waals surface area contributed by atoms with Crippen molar-refractivity contribution in [3.8, 4) is 0 Å². The van der Waals surface area contributed by atoms with Gasteiger partial charge in [0.1, 0.15) is 0 Å². The molecule has 0 spiro atoms. The fourth-order valence-electron chi connectivity index (χ4n) is 2.62. The van der Waals surface area contributed by atoms with Gasteiger partial charge in [0.15, 0.2) is 0 Å². The number of hydrogen-bond acceptors (Lipinski definition) is 3. The molecule has 1 aliphatic carbocycles. The van der Waals surface area contributed by atoms with Crippen LogP contribution in [-0.4, -0.2) is 29.5 Å². The van der Waals surface area contributed by atoms with Gasteiger partial charge in [0, 0.05) is 37.6 Å². The predicted molar refractivity (Wildman–Crippen MR) is 72.6 cm³/mol. The topological polar surface area (TPSA) is 39.1 Å². The Labute approximate surface area is 110 Å². The highest BCUT2D eigenvalue weighted by Crippen LogP contribution is 2.28. The molecule has 0 aromatic carbocycles. The molecule has 1 aromatic heterocycles. The maximum atomic E-state index is 5.49. The number of aryl methyl sites for hydroxylation is 1. The lowest BCUT2D eigenvalue weighted by Crippen LogP contribution is -2.26. The largest absolute Gasteiger partial charge is 0.381 e. The minimum atomic E-state index is 0.494. The second-order valence-electron chi connectivity index (χ2n) is 5.04. The van der Waals surface area contributed by atoms with E-state index < -0.39 is 0 Å². The molecular weight excluding hydrogens is 226 g/mol. The predicted octanol–water partition coefficient (Wildman–Crippen LogP) is 2.20. The monoisotopic (exact) mass is 251 g/mol. The first-order chi connectivity index (χ1) is 8.83. The Balaban J connectivity index is 1.74. The zero-order chi connectivity index (χ0) is 12.8. The molecule has 4 heteroatoms. The van der Waals surface area contributed by atoms with Crippen molar-refractivity contribution in [1.82, 2.24) is 15.1 Å². The van der Waals surface area contributed by atoms with Gasteiger partial charge < -0.3 is 10.1 Å². The van der Waals surface area contributed by atoms with Crippen molar-refractivity contribution in [2.75, 3.05) is 19.8 Å². The Morgan fingerprint density at radius 2 is 2.39 bits per heavy atom. The molecule has 0 amide bonds. The van der Waals surface area contributed by atoms with Gasteiger partial charge in [-0.1, -0.05) is 6.92 Å². The van der Waals surface area contributed by atoms with Gasteiger partial charge in [-0.3, -0.25) is 4.68 Å². The first-order valence-electron chi connectivity index (χ1n) is 7.14. The lowest BCUT2D eigenvalue weighted by atomic mass is 9.93. The van der Waals surface area contributed by atoms with Gasteiger partial charge in [0.2, 0.25) is 0 Å². The standard InChI is InChI=1S/C14H25N3O/c1-3-9-18-10-5-8-15-13-6-4-7-14-12(13)11-16-17(14)2/h11,13,15H,3-10H2,1-2H3. The van der Waals surface area contributed by atoms with E-state index in [1.807, 2.05) is 17.9 Å². The van der Waals surface area contributed by atoms with Crippen LogP contribution < -0.4 is 5.32 Å². The van der Waals surface area contributed by atoms with Crippen LogP contribution in [0.15, 0.2) is 6.20 Å². The maximum absolute atomic E-state index is 5.49. The molecule has 0 saturated carbocycles. The Morgan fingerprint density at radius 1 is 1.50 bits per heavy atom. The van der Waals surface area contributed by atoms with Crippen molar-refractivity contribution in [2.24, 2.45) is 7.05 Å². The van der Waals surface area contributed by atoms with Crippen LogP contribution in [0.3, 0.4) is 0 Å². The molecule has 1 N–H and O–H groups in total. The van der Waals surface area contributed by atoms with Crippen LogP contribution in [0, 0.1) is 0 Å². The van der Waals surface area contributed by atoms with Gasteiger partial charge in [-0.25, -0.2) is 0 Å². The Bertz CT molecular complexity index is 362. The lowest BCUT2D eigenvalue weighted by molar-refractivity contribution is 0.131. The molecule has 1 heterocycles. The van der Waals surface area contributed by atoms with E-state index >= 15 is 0 Å². The van der Waals surface area contributed by atoms with Gasteiger partial charge in [0.25, 0.3) is 0 Å². The summed E-state index contributed by atoms with van der Waals surface area (Å²) >= 11 is 0. The molecule has 0 saturated heterocycles. The molecule has 1 aliphatic rings. The van der Waals surface area contributed by atoms with Crippen molar-refractivity contribution >= 4 is 0 Å². The van der Waals surface area contributed by atoms with Crippen molar-refractivity contribution in [3.63, 3.8) is 0 Å². The number of rotatable bonds is 7. The van der Waals surface area contributed by atoms with Crippen LogP contribution in [0.5, 0.6) is 0 Å². The third kappa shape index (κ3) is 3.33. The Morgan fingerprint density at radius 3 is 3.22 bits per heavy atom. The van der Waals surface area contributed by atoms with E-state index in [0.29, 0.717) is 6.04 Å². The maximum Gasteiger partial charge on any atom is 0.0540 e. The summed E-state index contributed by atoms with van der Waals surface area (Å²) in [4.78, 5) is 0. The van der Waals surface area contributed by atoms with Gasteiger partial charge in [-0.2, -0.15) is 5.10 Å². The fourth-order valence-corrected chi connectivity index (χ4v) is 2.62. The minimum Gasteiger partial charge on any atom is -0.381 e. The van der Waals surface area contributed by atoms with E-state index in [1.165, 1.54) is 30.5 Å². The van der Waals surface area contributed by atoms with Crippen LogP contribution in [-0.2, 0) is 18.2 Å². The lowest BCUT2D eigenvalue weighted by Gasteiger charge is -2.23. The van der Waals surface area contributed by atoms with E-state index in [4.69, 9.17) is 4.74 Å². The van der Waals surface area contributed by atoms with E-state index in [2.05, 4.69) is 17.3 Å². The highest BCUT2D eigenvalue weighted by molar-refractivity contribution is 5.24. The van der Waals surface area contributed by atoms with Gasteiger partial charge in [-0.05, 0) is 38.6 Å². The smallest absolute Gasteiger partial charge is 0.0540 e. The number of fused-ring (bicyclic) bond motifs is 1. The number of nitrogens with one attached hydrogen (secondary N) is 1. The molecule has 1 unspecified atom stereocenters. The highest BCUT2D eigenvalue weighted by atomic mass is 16.5. The Kier molecular flexibility index (Phi) is 5.20. The van der Waals surface area contributed by atoms with E-state index in [9.17, 15) is 0 Å². The van der Waals surface area contributed by atoms with Gasteiger partial charge >= 0.3 is 0 Å². The van der Waals surface area contributed by atoms with Crippen LogP contribution in [0.4, 0.5) is 0 Å². The quantitative estimate of drug-likeness (QED) is 0.755. The second-order valence-corrected chi connectivity index (χ2v) is 5.04. The minimum absolute atomic E-state index is 0.494. The van der Waals surface area contributed by atoms with Crippen molar-refractivity contribution in [3.05, 3.63) is 17.5 Å². The molecule has 0 aliphatic heterocycles. The third-order valence-corrected chi connectivity index (χ3v) is 3.58. The van der Waals surface area contributed by atoms with Crippen LogP contribution in [0.1, 0.15) is 49.9 Å². The summed E-state index contributed by atoms with van der Waals surface area (Å²) in [6.07, 6.45) is 7.88. The van der Waals surface area contributed by atoms with Crippen LogP contribution in [0.25, 0.3) is 0 Å². The SMILES string of the molecule is CCCOCCCNC1CCCc2c1cnn2C. The average Bonchev–Trinajstić information content (AvgIpc) is 2.77. The highest BCUT2D eigenvalue weighted by Gasteiger charge is 2.22. The molecule has 0 radical (unpaired) electrons. The molecule has 0 fully saturated rings. The van der Waals surface area contributed by atoms with Crippen molar-refractivity contribution < 1.29 is 4.74 Å². The summed E-state index contributed by atoms with van der Waals surface area (Å²) in [5.74, 6) is 0. The average molecular weight is 251 g/mol. The van der Waals surface area contributed by atoms with Crippen molar-refractivity contribution in [2.45, 2.75) is 45.1 Å². The molecule has 0 bridgehead atoms. The number of ether oxygens (including phenoxy) is 1. The van der Waals surface area contributed by atoms with E-state index in [1.54, 1.807) is 0 Å². The van der Waals surface area contributed by atoms with Gasteiger partial charge in [0.05, 0.1) is 6.20 Å². The van der Waals surface area contributed by atoms with Gasteiger partial charge in [-0.15, -0.1) is 0 Å². The normalized spacial score (nSPS) is 18.9. The molecule has 2 rings (SSSR count). The number of hydrogen-bond donors (Lipinski definition) is 1. The van der Waals surface area contributed by atoms with Crippen LogP contribution in [0.2, 0.25) is 0 Å². The van der Waals surface area contributed by atoms with Crippen molar-refractivity contribution in [1.29, 1.82) is 0 Å². The first-order valence-corrected chi connectivity index (χ1v) is 7.14. The summed E-state index contributed by atoms with van der Waals surface area (Å²) < 4.78 is 7.51. The van der Waals surface area contributed by atoms with E-state index in [0.717, 1.165) is 32.6 Å². The fraction of sp³-hybridized carbons (Fsp3) is 0.786. The van der Waals surface area contributed by atoms with Crippen LogP contribution >= 0.6 is 0 Å². The zero-order valence-corrected chi connectivity index (χ0v) is 11.6. The summed E-state index contributed by atoms with van der Waals surface area (Å²) in [6.45, 7) is 4.93. The van der Waals surface area contributed by atoms with E-state index in [-0.39, 0.29) is 0 Å². The molecule has 1 atom stereocenters. The molecule has 102 valence electrons. The zero-order valence-electron chi connectivity index (χ0n) is 11.6. The first kappa shape index (κ1) is 13.6.